The SMILES string of the molecule is COc1ccc(C(O)CCc2ccc(C)cc2)cc1OC. The summed E-state index contributed by atoms with van der Waals surface area (Å²) >= 11 is 0. The first-order valence-corrected chi connectivity index (χ1v) is 7.09. The Kier molecular flexibility index (Phi) is 5.23. The van der Waals surface area contributed by atoms with Crippen molar-refractivity contribution in [1.82, 2.24) is 0 Å². The van der Waals surface area contributed by atoms with Gasteiger partial charge in [-0.15, -0.1) is 0 Å². The number of aliphatic hydroxyl groups excluding tert-OH is 1. The number of aliphatic hydroxyl groups is 1. The van der Waals surface area contributed by atoms with Gasteiger partial charge in [0.05, 0.1) is 20.3 Å². The summed E-state index contributed by atoms with van der Waals surface area (Å²) in [4.78, 5) is 0. The highest BCUT2D eigenvalue weighted by Gasteiger charge is 2.11. The number of rotatable bonds is 6. The van der Waals surface area contributed by atoms with Crippen LogP contribution in [0.15, 0.2) is 42.5 Å². The highest BCUT2D eigenvalue weighted by atomic mass is 16.5. The zero-order valence-corrected chi connectivity index (χ0v) is 12.8. The molecule has 0 aliphatic heterocycles. The predicted molar refractivity (Wildman–Crippen MR) is 84.0 cm³/mol. The molecule has 3 heteroatoms. The molecule has 0 aliphatic carbocycles. The van der Waals surface area contributed by atoms with E-state index in [1.54, 1.807) is 14.2 Å². The summed E-state index contributed by atoms with van der Waals surface area (Å²) in [6.45, 7) is 2.07. The second kappa shape index (κ2) is 7.14. The van der Waals surface area contributed by atoms with E-state index in [1.165, 1.54) is 11.1 Å². The fraction of sp³-hybridized carbons (Fsp3) is 0.333. The number of methoxy groups -OCH3 is 2. The van der Waals surface area contributed by atoms with Gasteiger partial charge in [0.25, 0.3) is 0 Å². The van der Waals surface area contributed by atoms with Crippen molar-refractivity contribution >= 4 is 0 Å². The van der Waals surface area contributed by atoms with Crippen molar-refractivity contribution in [3.63, 3.8) is 0 Å². The summed E-state index contributed by atoms with van der Waals surface area (Å²) in [5.41, 5.74) is 3.33. The van der Waals surface area contributed by atoms with Crippen molar-refractivity contribution in [3.8, 4) is 11.5 Å². The first-order valence-electron chi connectivity index (χ1n) is 7.09. The maximum absolute atomic E-state index is 10.3. The van der Waals surface area contributed by atoms with Gasteiger partial charge in [-0.3, -0.25) is 0 Å². The van der Waals surface area contributed by atoms with Crippen molar-refractivity contribution in [3.05, 3.63) is 59.2 Å². The molecule has 21 heavy (non-hydrogen) atoms. The van der Waals surface area contributed by atoms with Crippen LogP contribution in [0.25, 0.3) is 0 Å². The van der Waals surface area contributed by atoms with Crippen molar-refractivity contribution in [2.45, 2.75) is 25.9 Å². The van der Waals surface area contributed by atoms with Gasteiger partial charge in [-0.05, 0) is 43.0 Å². The molecule has 0 fully saturated rings. The Labute approximate surface area is 126 Å². The van der Waals surface area contributed by atoms with Crippen LogP contribution in [0.2, 0.25) is 0 Å². The molecule has 112 valence electrons. The molecule has 2 aromatic carbocycles. The second-order valence-electron chi connectivity index (χ2n) is 5.15. The van der Waals surface area contributed by atoms with Crippen LogP contribution in [0.1, 0.15) is 29.2 Å². The van der Waals surface area contributed by atoms with E-state index in [2.05, 4.69) is 31.2 Å². The molecule has 0 radical (unpaired) electrons. The molecule has 1 unspecified atom stereocenters. The Balaban J connectivity index is 2.02. The number of hydrogen-bond donors (Lipinski definition) is 1. The van der Waals surface area contributed by atoms with Gasteiger partial charge in [-0.1, -0.05) is 35.9 Å². The summed E-state index contributed by atoms with van der Waals surface area (Å²) in [5.74, 6) is 1.32. The zero-order chi connectivity index (χ0) is 15.2. The number of benzene rings is 2. The fourth-order valence-electron chi connectivity index (χ4n) is 2.28. The quantitative estimate of drug-likeness (QED) is 0.880. The first-order chi connectivity index (χ1) is 10.1. The number of ether oxygens (including phenoxy) is 2. The van der Waals surface area contributed by atoms with Crippen LogP contribution >= 0.6 is 0 Å². The molecule has 2 rings (SSSR count). The van der Waals surface area contributed by atoms with Crippen molar-refractivity contribution in [2.75, 3.05) is 14.2 Å². The summed E-state index contributed by atoms with van der Waals surface area (Å²) < 4.78 is 10.5. The lowest BCUT2D eigenvalue weighted by molar-refractivity contribution is 0.167. The Bertz CT molecular complexity index is 576. The van der Waals surface area contributed by atoms with Crippen LogP contribution in [0.5, 0.6) is 11.5 Å². The van der Waals surface area contributed by atoms with Gasteiger partial charge in [-0.2, -0.15) is 0 Å². The average Bonchev–Trinajstić information content (AvgIpc) is 2.53. The van der Waals surface area contributed by atoms with E-state index < -0.39 is 6.10 Å². The maximum Gasteiger partial charge on any atom is 0.161 e. The van der Waals surface area contributed by atoms with Gasteiger partial charge in [0, 0.05) is 0 Å². The normalized spacial score (nSPS) is 12.0. The van der Waals surface area contributed by atoms with E-state index in [9.17, 15) is 5.11 Å². The molecule has 0 amide bonds. The lowest BCUT2D eigenvalue weighted by atomic mass is 10.0. The van der Waals surface area contributed by atoms with Gasteiger partial charge in [0.2, 0.25) is 0 Å². The topological polar surface area (TPSA) is 38.7 Å². The van der Waals surface area contributed by atoms with Crippen molar-refractivity contribution < 1.29 is 14.6 Å². The maximum atomic E-state index is 10.3. The van der Waals surface area contributed by atoms with Crippen molar-refractivity contribution in [2.24, 2.45) is 0 Å². The minimum Gasteiger partial charge on any atom is -0.493 e. The summed E-state index contributed by atoms with van der Waals surface area (Å²) in [7, 11) is 3.20. The Morgan fingerprint density at radius 2 is 1.62 bits per heavy atom. The molecule has 0 saturated carbocycles. The van der Waals surface area contributed by atoms with Crippen LogP contribution in [0, 0.1) is 6.92 Å². The van der Waals surface area contributed by atoms with Gasteiger partial charge < -0.3 is 14.6 Å². The molecule has 2 aromatic rings. The molecule has 0 heterocycles. The predicted octanol–water partition coefficient (Wildman–Crippen LogP) is 3.68. The van der Waals surface area contributed by atoms with E-state index >= 15 is 0 Å². The van der Waals surface area contributed by atoms with E-state index in [0.29, 0.717) is 17.9 Å². The van der Waals surface area contributed by atoms with Crippen LogP contribution in [-0.2, 0) is 6.42 Å². The van der Waals surface area contributed by atoms with Gasteiger partial charge >= 0.3 is 0 Å². The van der Waals surface area contributed by atoms with Crippen LogP contribution in [-0.4, -0.2) is 19.3 Å². The zero-order valence-electron chi connectivity index (χ0n) is 12.8. The summed E-state index contributed by atoms with van der Waals surface area (Å²) in [5, 5.41) is 10.3. The third-order valence-electron chi connectivity index (χ3n) is 3.62. The molecule has 0 aliphatic rings. The molecule has 0 spiro atoms. The van der Waals surface area contributed by atoms with Crippen LogP contribution < -0.4 is 9.47 Å². The van der Waals surface area contributed by atoms with E-state index in [4.69, 9.17) is 9.47 Å². The minimum absolute atomic E-state index is 0.508. The Morgan fingerprint density at radius 3 is 2.24 bits per heavy atom. The van der Waals surface area contributed by atoms with Crippen LogP contribution in [0.3, 0.4) is 0 Å². The summed E-state index contributed by atoms with van der Waals surface area (Å²) in [6, 6.07) is 13.9. The highest BCUT2D eigenvalue weighted by Crippen LogP contribution is 2.31. The average molecular weight is 286 g/mol. The monoisotopic (exact) mass is 286 g/mol. The molecular weight excluding hydrogens is 264 g/mol. The molecule has 0 bridgehead atoms. The first kappa shape index (κ1) is 15.4. The lowest BCUT2D eigenvalue weighted by Crippen LogP contribution is -2.01. The van der Waals surface area contributed by atoms with Gasteiger partial charge in [-0.25, -0.2) is 0 Å². The fourth-order valence-corrected chi connectivity index (χ4v) is 2.28. The molecule has 1 N–H and O–H groups in total. The largest absolute Gasteiger partial charge is 0.493 e. The minimum atomic E-state index is -0.508. The van der Waals surface area contributed by atoms with E-state index in [0.717, 1.165) is 12.0 Å². The standard InChI is InChI=1S/C18H22O3/c1-13-4-6-14(7-5-13)8-10-16(19)15-9-11-17(20-2)18(12-15)21-3/h4-7,9,11-12,16,19H,8,10H2,1-3H3. The van der Waals surface area contributed by atoms with Crippen LogP contribution in [0.4, 0.5) is 0 Å². The smallest absolute Gasteiger partial charge is 0.161 e. The lowest BCUT2D eigenvalue weighted by Gasteiger charge is -2.14. The number of aryl methyl sites for hydroxylation is 2. The van der Waals surface area contributed by atoms with Crippen molar-refractivity contribution in [1.29, 1.82) is 0 Å². The van der Waals surface area contributed by atoms with E-state index in [1.807, 2.05) is 18.2 Å². The van der Waals surface area contributed by atoms with E-state index in [-0.39, 0.29) is 0 Å². The van der Waals surface area contributed by atoms with Gasteiger partial charge in [0.1, 0.15) is 0 Å². The third-order valence-corrected chi connectivity index (χ3v) is 3.62. The molecule has 0 aromatic heterocycles. The molecular formula is C18H22O3. The second-order valence-corrected chi connectivity index (χ2v) is 5.15. The number of hydrogen-bond acceptors (Lipinski definition) is 3. The molecule has 0 saturated heterocycles. The third kappa shape index (κ3) is 3.99. The summed E-state index contributed by atoms with van der Waals surface area (Å²) in [6.07, 6.45) is 1.01. The Morgan fingerprint density at radius 1 is 0.952 bits per heavy atom. The van der Waals surface area contributed by atoms with Gasteiger partial charge in [0.15, 0.2) is 11.5 Å². The highest BCUT2D eigenvalue weighted by molar-refractivity contribution is 5.43. The Hall–Kier alpha value is -2.00. The molecule has 1 atom stereocenters. The molecule has 3 nitrogen and oxygen atoms in total.